The zero-order valence-electron chi connectivity index (χ0n) is 9.08. The molecule has 1 N–H and O–H groups in total. The zero-order valence-corrected chi connectivity index (χ0v) is 9.08. The highest BCUT2D eigenvalue weighted by Crippen LogP contribution is 2.10. The van der Waals surface area contributed by atoms with Gasteiger partial charge >= 0.3 is 5.97 Å². The summed E-state index contributed by atoms with van der Waals surface area (Å²) < 4.78 is 0. The van der Waals surface area contributed by atoms with E-state index in [2.05, 4.69) is 15.0 Å². The van der Waals surface area contributed by atoms with Gasteiger partial charge in [-0.1, -0.05) is 6.07 Å². The quantitative estimate of drug-likeness (QED) is 0.860. The second-order valence-electron chi connectivity index (χ2n) is 3.52. The van der Waals surface area contributed by atoms with Gasteiger partial charge in [-0.3, -0.25) is 9.78 Å². The highest BCUT2D eigenvalue weighted by molar-refractivity contribution is 5.67. The monoisotopic (exact) mass is 229 g/mol. The fourth-order valence-corrected chi connectivity index (χ4v) is 1.36. The standard InChI is InChI=1S/C12H11N3O2/c16-11(17)5-4-9-7-14-12(15-8-9)10-3-1-2-6-13-10/h1-3,6-8H,4-5H2,(H,16,17). The van der Waals surface area contributed by atoms with Gasteiger partial charge in [0, 0.05) is 25.0 Å². The van der Waals surface area contributed by atoms with Crippen LogP contribution in [0.5, 0.6) is 0 Å². The van der Waals surface area contributed by atoms with Crippen LogP contribution < -0.4 is 0 Å². The first-order chi connectivity index (χ1) is 8.25. The number of carboxylic acids is 1. The summed E-state index contributed by atoms with van der Waals surface area (Å²) in [7, 11) is 0. The number of carboxylic acid groups (broad SMARTS) is 1. The van der Waals surface area contributed by atoms with Crippen LogP contribution in [-0.2, 0) is 11.2 Å². The van der Waals surface area contributed by atoms with Crippen molar-refractivity contribution in [3.8, 4) is 11.5 Å². The van der Waals surface area contributed by atoms with Crippen molar-refractivity contribution in [2.75, 3.05) is 0 Å². The van der Waals surface area contributed by atoms with Crippen molar-refractivity contribution in [2.24, 2.45) is 0 Å². The van der Waals surface area contributed by atoms with E-state index in [1.165, 1.54) is 0 Å². The van der Waals surface area contributed by atoms with Crippen LogP contribution in [0, 0.1) is 0 Å². The van der Waals surface area contributed by atoms with Gasteiger partial charge in [0.1, 0.15) is 5.69 Å². The zero-order chi connectivity index (χ0) is 12.1. The Morgan fingerprint density at radius 2 is 1.94 bits per heavy atom. The largest absolute Gasteiger partial charge is 0.481 e. The maximum absolute atomic E-state index is 10.4. The smallest absolute Gasteiger partial charge is 0.303 e. The summed E-state index contributed by atoms with van der Waals surface area (Å²) in [4.78, 5) is 22.9. The summed E-state index contributed by atoms with van der Waals surface area (Å²) in [6.45, 7) is 0. The number of aryl methyl sites for hydroxylation is 1. The van der Waals surface area contributed by atoms with Gasteiger partial charge in [-0.25, -0.2) is 9.97 Å². The van der Waals surface area contributed by atoms with E-state index in [-0.39, 0.29) is 6.42 Å². The molecule has 5 heteroatoms. The number of aliphatic carboxylic acids is 1. The molecule has 0 amide bonds. The Labute approximate surface area is 98.2 Å². The molecule has 17 heavy (non-hydrogen) atoms. The molecule has 0 atom stereocenters. The minimum atomic E-state index is -0.821. The predicted molar refractivity (Wildman–Crippen MR) is 61.2 cm³/mol. The SMILES string of the molecule is O=C(O)CCc1cnc(-c2ccccn2)nc1. The predicted octanol–water partition coefficient (Wildman–Crippen LogP) is 1.56. The van der Waals surface area contributed by atoms with Crippen molar-refractivity contribution in [3.63, 3.8) is 0 Å². The molecule has 0 saturated heterocycles. The number of pyridine rings is 1. The average molecular weight is 229 g/mol. The summed E-state index contributed by atoms with van der Waals surface area (Å²) in [5.74, 6) is -0.275. The van der Waals surface area contributed by atoms with E-state index in [4.69, 9.17) is 5.11 Å². The Morgan fingerprint density at radius 1 is 1.18 bits per heavy atom. The Balaban J connectivity index is 2.11. The van der Waals surface area contributed by atoms with Crippen molar-refractivity contribution in [3.05, 3.63) is 42.4 Å². The lowest BCUT2D eigenvalue weighted by Gasteiger charge is -2.00. The van der Waals surface area contributed by atoms with E-state index in [9.17, 15) is 4.79 Å². The molecule has 0 fully saturated rings. The van der Waals surface area contributed by atoms with Crippen LogP contribution in [0.3, 0.4) is 0 Å². The highest BCUT2D eigenvalue weighted by atomic mass is 16.4. The topological polar surface area (TPSA) is 76.0 Å². The second-order valence-corrected chi connectivity index (χ2v) is 3.52. The van der Waals surface area contributed by atoms with Gasteiger partial charge in [0.15, 0.2) is 5.82 Å². The molecule has 0 radical (unpaired) electrons. The summed E-state index contributed by atoms with van der Waals surface area (Å²) in [5.41, 5.74) is 1.52. The Morgan fingerprint density at radius 3 is 2.53 bits per heavy atom. The van der Waals surface area contributed by atoms with E-state index < -0.39 is 5.97 Å². The summed E-state index contributed by atoms with van der Waals surface area (Å²) in [5, 5.41) is 8.56. The van der Waals surface area contributed by atoms with Gasteiger partial charge in [-0.05, 0) is 24.1 Å². The summed E-state index contributed by atoms with van der Waals surface area (Å²) in [6.07, 6.45) is 5.49. The summed E-state index contributed by atoms with van der Waals surface area (Å²) >= 11 is 0. The minimum Gasteiger partial charge on any atom is -0.481 e. The molecule has 0 aliphatic carbocycles. The maximum atomic E-state index is 10.4. The summed E-state index contributed by atoms with van der Waals surface area (Å²) in [6, 6.07) is 5.51. The van der Waals surface area contributed by atoms with Gasteiger partial charge in [-0.15, -0.1) is 0 Å². The van der Waals surface area contributed by atoms with Crippen LogP contribution >= 0.6 is 0 Å². The number of hydrogen-bond acceptors (Lipinski definition) is 4. The molecule has 2 heterocycles. The highest BCUT2D eigenvalue weighted by Gasteiger charge is 2.03. The van der Waals surface area contributed by atoms with Gasteiger partial charge in [0.25, 0.3) is 0 Å². The Kier molecular flexibility index (Phi) is 3.40. The van der Waals surface area contributed by atoms with Gasteiger partial charge in [0.2, 0.25) is 0 Å². The number of carbonyl (C=O) groups is 1. The molecule has 2 rings (SSSR count). The van der Waals surface area contributed by atoms with Gasteiger partial charge in [0.05, 0.1) is 0 Å². The Hall–Kier alpha value is -2.30. The van der Waals surface area contributed by atoms with Crippen molar-refractivity contribution in [1.82, 2.24) is 15.0 Å². The molecule has 0 saturated carbocycles. The van der Waals surface area contributed by atoms with E-state index in [1.807, 2.05) is 18.2 Å². The third kappa shape index (κ3) is 3.07. The lowest BCUT2D eigenvalue weighted by Crippen LogP contribution is -1.99. The van der Waals surface area contributed by atoms with E-state index in [1.54, 1.807) is 18.6 Å². The van der Waals surface area contributed by atoms with Crippen LogP contribution in [0.1, 0.15) is 12.0 Å². The number of rotatable bonds is 4. The van der Waals surface area contributed by atoms with E-state index in [0.717, 1.165) is 5.56 Å². The number of nitrogens with zero attached hydrogens (tertiary/aromatic N) is 3. The van der Waals surface area contributed by atoms with Crippen molar-refractivity contribution in [2.45, 2.75) is 12.8 Å². The molecular formula is C12H11N3O2. The third-order valence-electron chi connectivity index (χ3n) is 2.23. The van der Waals surface area contributed by atoms with Crippen LogP contribution in [-0.4, -0.2) is 26.0 Å². The van der Waals surface area contributed by atoms with Crippen LogP contribution in [0.15, 0.2) is 36.8 Å². The average Bonchev–Trinajstić information content (AvgIpc) is 2.38. The van der Waals surface area contributed by atoms with Crippen LogP contribution in [0.2, 0.25) is 0 Å². The maximum Gasteiger partial charge on any atom is 0.303 e. The lowest BCUT2D eigenvalue weighted by molar-refractivity contribution is -0.136. The van der Waals surface area contributed by atoms with Crippen molar-refractivity contribution < 1.29 is 9.90 Å². The molecule has 0 aliphatic heterocycles. The fourth-order valence-electron chi connectivity index (χ4n) is 1.36. The minimum absolute atomic E-state index is 0.0896. The molecule has 2 aromatic rings. The van der Waals surface area contributed by atoms with Crippen LogP contribution in [0.4, 0.5) is 0 Å². The number of hydrogen-bond donors (Lipinski definition) is 1. The van der Waals surface area contributed by atoms with Crippen molar-refractivity contribution >= 4 is 5.97 Å². The number of aromatic nitrogens is 3. The molecule has 5 nitrogen and oxygen atoms in total. The molecular weight excluding hydrogens is 218 g/mol. The second kappa shape index (κ2) is 5.16. The molecule has 0 spiro atoms. The van der Waals surface area contributed by atoms with E-state index >= 15 is 0 Å². The first kappa shape index (κ1) is 11.2. The van der Waals surface area contributed by atoms with Crippen molar-refractivity contribution in [1.29, 1.82) is 0 Å². The molecule has 86 valence electrons. The molecule has 2 aromatic heterocycles. The first-order valence-electron chi connectivity index (χ1n) is 5.20. The van der Waals surface area contributed by atoms with E-state index in [0.29, 0.717) is 17.9 Å². The lowest BCUT2D eigenvalue weighted by atomic mass is 10.2. The molecule has 0 aromatic carbocycles. The fraction of sp³-hybridized carbons (Fsp3) is 0.167. The van der Waals surface area contributed by atoms with Crippen LogP contribution in [0.25, 0.3) is 11.5 Å². The first-order valence-corrected chi connectivity index (χ1v) is 5.20. The van der Waals surface area contributed by atoms with Gasteiger partial charge < -0.3 is 5.11 Å². The van der Waals surface area contributed by atoms with Gasteiger partial charge in [-0.2, -0.15) is 0 Å². The normalized spacial score (nSPS) is 10.1. The Bertz CT molecular complexity index is 497. The molecule has 0 unspecified atom stereocenters. The molecule has 0 aliphatic rings. The third-order valence-corrected chi connectivity index (χ3v) is 2.23. The molecule has 0 bridgehead atoms.